The number of hydrogen-bond acceptors (Lipinski definition) is 3. The van der Waals surface area contributed by atoms with Crippen molar-refractivity contribution in [3.8, 4) is 0 Å². The van der Waals surface area contributed by atoms with Crippen molar-refractivity contribution in [2.45, 2.75) is 17.7 Å². The van der Waals surface area contributed by atoms with Gasteiger partial charge >= 0.3 is 0 Å². The first kappa shape index (κ1) is 17.8. The smallest absolute Gasteiger partial charge is 0.227 e. The van der Waals surface area contributed by atoms with Gasteiger partial charge in [0, 0.05) is 11.3 Å². The maximum atomic E-state index is 12.1. The molecule has 0 aliphatic rings. The summed E-state index contributed by atoms with van der Waals surface area (Å²) >= 11 is 1.32. The van der Waals surface area contributed by atoms with Crippen molar-refractivity contribution < 1.29 is 9.59 Å². The number of nitrogens with two attached hydrogens (primary N) is 1. The zero-order valence-electron chi connectivity index (χ0n) is 13.3. The molecule has 2 aromatic rings. The number of benzene rings is 2. The molecule has 0 unspecified atom stereocenters. The van der Waals surface area contributed by atoms with E-state index in [4.69, 9.17) is 5.73 Å². The number of rotatable bonds is 8. The number of nitrogens with one attached hydrogen (secondary N) is 1. The molecule has 3 N–H and O–H groups in total. The second-order valence-corrected chi connectivity index (χ2v) is 6.17. The second kappa shape index (κ2) is 9.57. The van der Waals surface area contributed by atoms with Crippen LogP contribution in [0.25, 0.3) is 6.08 Å². The zero-order valence-corrected chi connectivity index (χ0v) is 14.1. The van der Waals surface area contributed by atoms with Crippen LogP contribution in [0.5, 0.6) is 0 Å². The minimum atomic E-state index is -0.382. The van der Waals surface area contributed by atoms with Crippen LogP contribution >= 0.6 is 11.8 Å². The number of amides is 2. The first-order valence-electron chi connectivity index (χ1n) is 7.67. The summed E-state index contributed by atoms with van der Waals surface area (Å²) in [6.07, 6.45) is 5.06. The van der Waals surface area contributed by atoms with Gasteiger partial charge in [0.25, 0.3) is 0 Å². The SMILES string of the molecule is NC(=O)CSc1ccccc1NC(=O)CC/C=C/c1ccccc1. The number of allylic oxidation sites excluding steroid dienone is 1. The van der Waals surface area contributed by atoms with E-state index in [1.807, 2.05) is 66.7 Å². The fraction of sp³-hybridized carbons (Fsp3) is 0.158. The summed E-state index contributed by atoms with van der Waals surface area (Å²) in [5, 5.41) is 2.89. The molecule has 0 radical (unpaired) electrons. The van der Waals surface area contributed by atoms with Gasteiger partial charge in [-0.15, -0.1) is 11.8 Å². The molecule has 0 heterocycles. The third kappa shape index (κ3) is 6.30. The van der Waals surface area contributed by atoms with Gasteiger partial charge in [-0.3, -0.25) is 9.59 Å². The lowest BCUT2D eigenvalue weighted by atomic mass is 10.2. The summed E-state index contributed by atoms with van der Waals surface area (Å²) in [6.45, 7) is 0. The van der Waals surface area contributed by atoms with E-state index in [2.05, 4.69) is 5.32 Å². The molecule has 0 bridgehead atoms. The largest absolute Gasteiger partial charge is 0.369 e. The fourth-order valence-corrected chi connectivity index (χ4v) is 2.80. The van der Waals surface area contributed by atoms with Gasteiger partial charge in [0.1, 0.15) is 0 Å². The topological polar surface area (TPSA) is 72.2 Å². The highest BCUT2D eigenvalue weighted by molar-refractivity contribution is 8.00. The van der Waals surface area contributed by atoms with Crippen molar-refractivity contribution in [2.24, 2.45) is 5.73 Å². The van der Waals surface area contributed by atoms with Gasteiger partial charge in [-0.05, 0) is 24.1 Å². The molecule has 24 heavy (non-hydrogen) atoms. The van der Waals surface area contributed by atoms with Crippen LogP contribution in [0.1, 0.15) is 18.4 Å². The molecule has 0 spiro atoms. The Morgan fingerprint density at radius 3 is 2.50 bits per heavy atom. The maximum absolute atomic E-state index is 12.1. The van der Waals surface area contributed by atoms with Crippen LogP contribution in [0.2, 0.25) is 0 Å². The Balaban J connectivity index is 1.84. The number of primary amides is 1. The normalized spacial score (nSPS) is 10.7. The quantitative estimate of drug-likeness (QED) is 0.720. The predicted octanol–water partition coefficient (Wildman–Crippen LogP) is 3.70. The Morgan fingerprint density at radius 2 is 1.75 bits per heavy atom. The van der Waals surface area contributed by atoms with Crippen LogP contribution in [-0.4, -0.2) is 17.6 Å². The third-order valence-corrected chi connectivity index (χ3v) is 4.27. The van der Waals surface area contributed by atoms with Crippen LogP contribution in [-0.2, 0) is 9.59 Å². The standard InChI is InChI=1S/C19H20N2O2S/c20-18(22)14-24-17-12-6-5-11-16(17)21-19(23)13-7-4-10-15-8-2-1-3-9-15/h1-6,8-12H,7,13-14H2,(H2,20,22)(H,21,23)/b10-4+. The van der Waals surface area contributed by atoms with Crippen molar-refractivity contribution in [3.05, 3.63) is 66.2 Å². The molecule has 2 rings (SSSR count). The Labute approximate surface area is 146 Å². The van der Waals surface area contributed by atoms with Gasteiger partial charge in [0.15, 0.2) is 0 Å². The molecule has 0 aromatic heterocycles. The molecule has 0 fully saturated rings. The van der Waals surface area contributed by atoms with Gasteiger partial charge in [0.05, 0.1) is 11.4 Å². The highest BCUT2D eigenvalue weighted by Crippen LogP contribution is 2.26. The van der Waals surface area contributed by atoms with E-state index in [9.17, 15) is 9.59 Å². The minimum absolute atomic E-state index is 0.0557. The van der Waals surface area contributed by atoms with E-state index >= 15 is 0 Å². The van der Waals surface area contributed by atoms with Crippen molar-refractivity contribution in [1.82, 2.24) is 0 Å². The minimum Gasteiger partial charge on any atom is -0.369 e. The van der Waals surface area contributed by atoms with E-state index in [-0.39, 0.29) is 17.6 Å². The highest BCUT2D eigenvalue weighted by atomic mass is 32.2. The average molecular weight is 340 g/mol. The predicted molar refractivity (Wildman–Crippen MR) is 99.7 cm³/mol. The van der Waals surface area contributed by atoms with E-state index in [1.165, 1.54) is 11.8 Å². The number of carbonyl (C=O) groups excluding carboxylic acids is 2. The van der Waals surface area contributed by atoms with Crippen LogP contribution in [0.4, 0.5) is 5.69 Å². The van der Waals surface area contributed by atoms with E-state index in [1.54, 1.807) is 0 Å². The number of hydrogen-bond donors (Lipinski definition) is 2. The lowest BCUT2D eigenvalue weighted by molar-refractivity contribution is -0.116. The number of thioether (sulfide) groups is 1. The summed E-state index contributed by atoms with van der Waals surface area (Å²) in [5.74, 6) is -0.251. The van der Waals surface area contributed by atoms with Crippen molar-refractivity contribution >= 4 is 35.3 Å². The number of carbonyl (C=O) groups is 2. The van der Waals surface area contributed by atoms with E-state index in [0.29, 0.717) is 18.5 Å². The molecular weight excluding hydrogens is 320 g/mol. The van der Waals surface area contributed by atoms with Gasteiger partial charge in [-0.25, -0.2) is 0 Å². The fourth-order valence-electron chi connectivity index (χ4n) is 2.06. The van der Waals surface area contributed by atoms with E-state index < -0.39 is 0 Å². The Hall–Kier alpha value is -2.53. The Bertz CT molecular complexity index is 714. The molecular formula is C19H20N2O2S. The molecule has 4 nitrogen and oxygen atoms in total. The van der Waals surface area contributed by atoms with Crippen molar-refractivity contribution in [1.29, 1.82) is 0 Å². The van der Waals surface area contributed by atoms with Gasteiger partial charge in [0.2, 0.25) is 11.8 Å². The van der Waals surface area contributed by atoms with Gasteiger partial charge in [-0.1, -0.05) is 54.6 Å². The molecule has 124 valence electrons. The van der Waals surface area contributed by atoms with Crippen molar-refractivity contribution in [3.63, 3.8) is 0 Å². The molecule has 0 aliphatic heterocycles. The first-order valence-corrected chi connectivity index (χ1v) is 8.65. The van der Waals surface area contributed by atoms with Crippen LogP contribution < -0.4 is 11.1 Å². The summed E-state index contributed by atoms with van der Waals surface area (Å²) < 4.78 is 0. The Kier molecular flexibility index (Phi) is 7.11. The molecule has 0 aliphatic carbocycles. The maximum Gasteiger partial charge on any atom is 0.227 e. The number of anilines is 1. The molecule has 2 aromatic carbocycles. The monoisotopic (exact) mass is 340 g/mol. The van der Waals surface area contributed by atoms with Crippen LogP contribution in [0.15, 0.2) is 65.6 Å². The zero-order chi connectivity index (χ0) is 17.2. The van der Waals surface area contributed by atoms with Gasteiger partial charge in [-0.2, -0.15) is 0 Å². The van der Waals surface area contributed by atoms with E-state index in [0.717, 1.165) is 10.5 Å². The summed E-state index contributed by atoms with van der Waals surface area (Å²) in [7, 11) is 0. The molecule has 5 heteroatoms. The number of para-hydroxylation sites is 1. The summed E-state index contributed by atoms with van der Waals surface area (Å²) in [5.41, 5.74) is 6.99. The first-order chi connectivity index (χ1) is 11.6. The van der Waals surface area contributed by atoms with Gasteiger partial charge < -0.3 is 11.1 Å². The Morgan fingerprint density at radius 1 is 1.04 bits per heavy atom. The van der Waals surface area contributed by atoms with Crippen LogP contribution in [0, 0.1) is 0 Å². The lowest BCUT2D eigenvalue weighted by Crippen LogP contribution is -2.14. The molecule has 2 amide bonds. The van der Waals surface area contributed by atoms with Crippen LogP contribution in [0.3, 0.4) is 0 Å². The molecule has 0 saturated carbocycles. The second-order valence-electron chi connectivity index (χ2n) is 5.15. The average Bonchev–Trinajstić information content (AvgIpc) is 2.59. The molecule has 0 atom stereocenters. The highest BCUT2D eigenvalue weighted by Gasteiger charge is 2.07. The molecule has 0 saturated heterocycles. The van der Waals surface area contributed by atoms with Crippen molar-refractivity contribution in [2.75, 3.05) is 11.1 Å². The lowest BCUT2D eigenvalue weighted by Gasteiger charge is -2.09. The third-order valence-electron chi connectivity index (χ3n) is 3.18. The summed E-state index contributed by atoms with van der Waals surface area (Å²) in [4.78, 5) is 23.8. The summed E-state index contributed by atoms with van der Waals surface area (Å²) in [6, 6.07) is 17.4.